The first-order chi connectivity index (χ1) is 16.8. The summed E-state index contributed by atoms with van der Waals surface area (Å²) >= 11 is 13.2. The number of amides is 1. The monoisotopic (exact) mass is 540 g/mol. The van der Waals surface area contributed by atoms with Crippen molar-refractivity contribution < 1.29 is 27.9 Å². The zero-order valence-electron chi connectivity index (χ0n) is 19.9. The number of halogens is 5. The van der Waals surface area contributed by atoms with Gasteiger partial charge in [-0.1, -0.05) is 30.1 Å². The highest BCUT2D eigenvalue weighted by Crippen LogP contribution is 2.38. The standard InChI is InChI=1S/C26H25Cl2F3N2O3/c1-13-8-16(26(29,30)31)10-21-22(13)15(12-32(21)3)9-19-20(27)5-4-18(23(19)28)24(34)33-7-6-17(25(35)36)14(2)11-33/h4-5,8,10,12,14,17H,6-7,9,11H2,1-3H3,(H,35,36)/t14-,17+/m1/s1. The van der Waals surface area contributed by atoms with Crippen molar-refractivity contribution in [1.29, 1.82) is 0 Å². The Labute approximate surface area is 216 Å². The molecule has 1 fully saturated rings. The van der Waals surface area contributed by atoms with Crippen LogP contribution in [0.3, 0.4) is 0 Å². The summed E-state index contributed by atoms with van der Waals surface area (Å²) in [5.41, 5.74) is 1.70. The number of nitrogens with zero attached hydrogens (tertiary/aromatic N) is 2. The number of aromatic nitrogens is 1. The molecule has 0 saturated carbocycles. The van der Waals surface area contributed by atoms with Gasteiger partial charge < -0.3 is 14.6 Å². The number of alkyl halides is 3. The fourth-order valence-electron chi connectivity index (χ4n) is 5.11. The van der Waals surface area contributed by atoms with E-state index in [1.807, 2.05) is 0 Å². The van der Waals surface area contributed by atoms with Crippen molar-refractivity contribution in [2.45, 2.75) is 32.9 Å². The van der Waals surface area contributed by atoms with E-state index < -0.39 is 23.6 Å². The maximum absolute atomic E-state index is 13.3. The van der Waals surface area contributed by atoms with Crippen LogP contribution in [0.2, 0.25) is 10.0 Å². The Kier molecular flexibility index (Phi) is 7.05. The Morgan fingerprint density at radius 1 is 1.19 bits per heavy atom. The summed E-state index contributed by atoms with van der Waals surface area (Å²) in [7, 11) is 1.68. The molecule has 0 bridgehead atoms. The fourth-order valence-corrected chi connectivity index (χ4v) is 5.70. The van der Waals surface area contributed by atoms with Crippen LogP contribution >= 0.6 is 23.2 Å². The van der Waals surface area contributed by atoms with E-state index in [-0.39, 0.29) is 28.8 Å². The highest BCUT2D eigenvalue weighted by Gasteiger charge is 2.34. The Balaban J connectivity index is 1.68. The number of hydrogen-bond acceptors (Lipinski definition) is 2. The zero-order valence-corrected chi connectivity index (χ0v) is 21.4. The van der Waals surface area contributed by atoms with E-state index in [0.717, 1.165) is 17.7 Å². The van der Waals surface area contributed by atoms with E-state index >= 15 is 0 Å². The molecule has 192 valence electrons. The summed E-state index contributed by atoms with van der Waals surface area (Å²) in [4.78, 5) is 26.3. The van der Waals surface area contributed by atoms with Gasteiger partial charge in [-0.2, -0.15) is 13.2 Å². The topological polar surface area (TPSA) is 62.5 Å². The van der Waals surface area contributed by atoms with Crippen LogP contribution in [0, 0.1) is 18.8 Å². The predicted octanol–water partition coefficient (Wildman–Crippen LogP) is 6.59. The van der Waals surface area contributed by atoms with Gasteiger partial charge >= 0.3 is 12.1 Å². The van der Waals surface area contributed by atoms with Crippen LogP contribution in [0.15, 0.2) is 30.5 Å². The Bertz CT molecular complexity index is 1370. The fraction of sp³-hybridized carbons (Fsp3) is 0.385. The minimum atomic E-state index is -4.46. The number of carbonyl (C=O) groups excluding carboxylic acids is 1. The number of rotatable bonds is 4. The number of likely N-dealkylation sites (tertiary alicyclic amines) is 1. The van der Waals surface area contributed by atoms with Crippen LogP contribution in [-0.4, -0.2) is 39.5 Å². The molecule has 1 N–H and O–H groups in total. The van der Waals surface area contributed by atoms with Gasteiger partial charge in [0.05, 0.1) is 22.1 Å². The van der Waals surface area contributed by atoms with Crippen molar-refractivity contribution in [3.8, 4) is 0 Å². The van der Waals surface area contributed by atoms with Gasteiger partial charge in [-0.15, -0.1) is 0 Å². The van der Waals surface area contributed by atoms with Gasteiger partial charge in [-0.25, -0.2) is 0 Å². The second-order valence-electron chi connectivity index (χ2n) is 9.48. The summed E-state index contributed by atoms with van der Waals surface area (Å²) in [6.07, 6.45) is -2.13. The lowest BCUT2D eigenvalue weighted by atomic mass is 9.86. The molecular formula is C26H25Cl2F3N2O3. The van der Waals surface area contributed by atoms with Crippen LogP contribution in [0.5, 0.6) is 0 Å². The van der Waals surface area contributed by atoms with Gasteiger partial charge in [0.25, 0.3) is 5.91 Å². The Morgan fingerprint density at radius 3 is 2.50 bits per heavy atom. The first-order valence-electron chi connectivity index (χ1n) is 11.4. The van der Waals surface area contributed by atoms with Gasteiger partial charge in [-0.3, -0.25) is 9.59 Å². The van der Waals surface area contributed by atoms with Crippen LogP contribution in [-0.2, 0) is 24.4 Å². The summed E-state index contributed by atoms with van der Waals surface area (Å²) in [6, 6.07) is 5.38. The van der Waals surface area contributed by atoms with Crippen molar-refractivity contribution >= 4 is 46.0 Å². The molecule has 1 aliphatic rings. The Hall–Kier alpha value is -2.71. The normalized spacial score (nSPS) is 18.6. The first-order valence-corrected chi connectivity index (χ1v) is 12.2. The molecule has 1 aromatic heterocycles. The number of aliphatic carboxylic acids is 1. The molecule has 0 radical (unpaired) electrons. The molecular weight excluding hydrogens is 516 g/mol. The SMILES string of the molecule is Cc1cc(C(F)(F)F)cc2c1c(Cc1c(Cl)ccc(C(=O)N3CC[C@H](C(=O)O)[C@H](C)C3)c1Cl)cn2C. The zero-order chi connectivity index (χ0) is 26.5. The summed E-state index contributed by atoms with van der Waals surface area (Å²) in [6.45, 7) is 4.04. The van der Waals surface area contributed by atoms with E-state index in [4.69, 9.17) is 23.2 Å². The number of carbonyl (C=O) groups is 2. The van der Waals surface area contributed by atoms with Crippen molar-refractivity contribution in [3.63, 3.8) is 0 Å². The van der Waals surface area contributed by atoms with Gasteiger partial charge in [0.1, 0.15) is 0 Å². The molecule has 3 aromatic rings. The number of hydrogen-bond donors (Lipinski definition) is 1. The lowest BCUT2D eigenvalue weighted by molar-refractivity contribution is -0.145. The van der Waals surface area contributed by atoms with Crippen molar-refractivity contribution in [3.05, 3.63) is 68.3 Å². The quantitative estimate of drug-likeness (QED) is 0.406. The van der Waals surface area contributed by atoms with E-state index in [1.165, 1.54) is 0 Å². The highest BCUT2D eigenvalue weighted by atomic mass is 35.5. The third-order valence-electron chi connectivity index (χ3n) is 6.99. The molecule has 0 aliphatic carbocycles. The molecule has 1 amide bonds. The molecule has 0 spiro atoms. The maximum Gasteiger partial charge on any atom is 0.416 e. The number of aryl methyl sites for hydroxylation is 2. The van der Waals surface area contributed by atoms with Gasteiger partial charge in [0, 0.05) is 48.7 Å². The van der Waals surface area contributed by atoms with Gasteiger partial charge in [0.2, 0.25) is 0 Å². The summed E-state index contributed by atoms with van der Waals surface area (Å²) in [5.74, 6) is -1.88. The number of piperidine rings is 1. The van der Waals surface area contributed by atoms with E-state index in [0.29, 0.717) is 46.6 Å². The first kappa shape index (κ1) is 26.4. The third-order valence-corrected chi connectivity index (χ3v) is 7.77. The average molecular weight is 541 g/mol. The predicted molar refractivity (Wildman–Crippen MR) is 133 cm³/mol. The van der Waals surface area contributed by atoms with E-state index in [2.05, 4.69) is 0 Å². The Morgan fingerprint density at radius 2 is 1.89 bits per heavy atom. The molecule has 36 heavy (non-hydrogen) atoms. The average Bonchev–Trinajstić information content (AvgIpc) is 3.11. The number of carboxylic acid groups (broad SMARTS) is 1. The second kappa shape index (κ2) is 9.63. The molecule has 2 atom stereocenters. The highest BCUT2D eigenvalue weighted by molar-refractivity contribution is 6.38. The van der Waals surface area contributed by atoms with Crippen molar-refractivity contribution in [1.82, 2.24) is 9.47 Å². The van der Waals surface area contributed by atoms with Crippen LogP contribution in [0.1, 0.15) is 46.0 Å². The van der Waals surface area contributed by atoms with E-state index in [9.17, 15) is 27.9 Å². The molecule has 5 nitrogen and oxygen atoms in total. The van der Waals surface area contributed by atoms with Crippen molar-refractivity contribution in [2.24, 2.45) is 18.9 Å². The molecule has 4 rings (SSSR count). The smallest absolute Gasteiger partial charge is 0.416 e. The largest absolute Gasteiger partial charge is 0.481 e. The number of carboxylic acids is 1. The number of fused-ring (bicyclic) bond motifs is 1. The second-order valence-corrected chi connectivity index (χ2v) is 10.3. The van der Waals surface area contributed by atoms with Crippen LogP contribution < -0.4 is 0 Å². The van der Waals surface area contributed by atoms with Crippen molar-refractivity contribution in [2.75, 3.05) is 13.1 Å². The van der Waals surface area contributed by atoms with E-state index in [1.54, 1.807) is 48.7 Å². The van der Waals surface area contributed by atoms with Crippen LogP contribution in [0.25, 0.3) is 10.9 Å². The molecule has 1 aliphatic heterocycles. The molecule has 0 unspecified atom stereocenters. The molecule has 10 heteroatoms. The van der Waals surface area contributed by atoms with Gasteiger partial charge in [-0.05, 0) is 60.2 Å². The summed E-state index contributed by atoms with van der Waals surface area (Å²) < 4.78 is 41.6. The lowest BCUT2D eigenvalue weighted by Crippen LogP contribution is -2.45. The minimum Gasteiger partial charge on any atom is -0.481 e. The molecule has 1 saturated heterocycles. The van der Waals surface area contributed by atoms with Gasteiger partial charge in [0.15, 0.2) is 0 Å². The minimum absolute atomic E-state index is 0.182. The maximum atomic E-state index is 13.3. The van der Waals surface area contributed by atoms with Crippen LogP contribution in [0.4, 0.5) is 13.2 Å². The lowest BCUT2D eigenvalue weighted by Gasteiger charge is -2.35. The third kappa shape index (κ3) is 4.81. The number of benzene rings is 2. The molecule has 2 aromatic carbocycles. The summed E-state index contributed by atoms with van der Waals surface area (Å²) in [5, 5.41) is 10.6. The molecule has 2 heterocycles.